The maximum atomic E-state index is 4.40. The van der Waals surface area contributed by atoms with Crippen LogP contribution in [-0.2, 0) is 6.54 Å². The van der Waals surface area contributed by atoms with Crippen molar-refractivity contribution in [3.8, 4) is 0 Å². The number of halogens is 2. The predicted octanol–water partition coefficient (Wildman–Crippen LogP) is 2.14. The molecule has 0 atom stereocenters. The number of nitrogens with zero attached hydrogens (tertiary/aromatic N) is 2. The first-order valence-electron chi connectivity index (χ1n) is 6.69. The molecule has 2 fully saturated rings. The molecule has 0 amide bonds. The van der Waals surface area contributed by atoms with Crippen molar-refractivity contribution < 1.29 is 0 Å². The van der Waals surface area contributed by atoms with Gasteiger partial charge in [0, 0.05) is 18.4 Å². The first kappa shape index (κ1) is 16.8. The topological polar surface area (TPSA) is 44.0 Å². The lowest BCUT2D eigenvalue weighted by Gasteiger charge is -2.33. The van der Waals surface area contributed by atoms with Crippen molar-refractivity contribution in [1.29, 1.82) is 0 Å². The van der Waals surface area contributed by atoms with Gasteiger partial charge in [-0.15, -0.1) is 24.8 Å². The number of piperidine rings is 1. The zero-order valence-electron chi connectivity index (χ0n) is 11.4. The first-order valence-corrected chi connectivity index (χ1v) is 6.69. The molecule has 3 rings (SSSR count). The Morgan fingerprint density at radius 3 is 2.63 bits per heavy atom. The van der Waals surface area contributed by atoms with Crippen molar-refractivity contribution in [3.63, 3.8) is 0 Å². The molecule has 0 aliphatic carbocycles. The first-order chi connectivity index (χ1) is 8.26. The quantitative estimate of drug-likeness (QED) is 0.880. The number of H-pyrrole nitrogens is 1. The van der Waals surface area contributed by atoms with E-state index in [0.717, 1.165) is 18.1 Å². The highest BCUT2D eigenvalue weighted by atomic mass is 35.5. The van der Waals surface area contributed by atoms with E-state index in [1.807, 2.05) is 6.20 Å². The van der Waals surface area contributed by atoms with E-state index in [2.05, 4.69) is 27.1 Å². The lowest BCUT2D eigenvalue weighted by Crippen LogP contribution is -2.38. The van der Waals surface area contributed by atoms with Crippen LogP contribution < -0.4 is 5.32 Å². The Bertz CT molecular complexity index is 388. The standard InChI is InChI=1S/C13H22N4.2ClH/c1-11-8-15-12(16-11)9-17-7-4-13(10-17)2-5-14-6-3-13;;/h8,14H,2-7,9-10H2,1H3,(H,15,16);2*1H. The number of imidazole rings is 1. The van der Waals surface area contributed by atoms with Crippen LogP contribution >= 0.6 is 24.8 Å². The fourth-order valence-corrected chi connectivity index (χ4v) is 3.29. The van der Waals surface area contributed by atoms with Crippen LogP contribution in [0, 0.1) is 12.3 Å². The van der Waals surface area contributed by atoms with Gasteiger partial charge in [0.25, 0.3) is 0 Å². The number of aromatic nitrogens is 2. The molecular weight excluding hydrogens is 283 g/mol. The van der Waals surface area contributed by atoms with Crippen LogP contribution in [0.3, 0.4) is 0 Å². The number of hydrogen-bond donors (Lipinski definition) is 2. The van der Waals surface area contributed by atoms with E-state index in [4.69, 9.17) is 0 Å². The Hall–Kier alpha value is -0.290. The smallest absolute Gasteiger partial charge is 0.120 e. The number of rotatable bonds is 2. The number of hydrogen-bond acceptors (Lipinski definition) is 3. The third-order valence-corrected chi connectivity index (χ3v) is 4.31. The van der Waals surface area contributed by atoms with Gasteiger partial charge >= 0.3 is 0 Å². The summed E-state index contributed by atoms with van der Waals surface area (Å²) in [6, 6.07) is 0. The van der Waals surface area contributed by atoms with Gasteiger partial charge in [0.2, 0.25) is 0 Å². The normalized spacial score (nSPS) is 21.9. The highest BCUT2D eigenvalue weighted by Crippen LogP contribution is 2.38. The highest BCUT2D eigenvalue weighted by molar-refractivity contribution is 5.85. The molecule has 1 aromatic rings. The van der Waals surface area contributed by atoms with Crippen LogP contribution in [0.15, 0.2) is 6.20 Å². The maximum Gasteiger partial charge on any atom is 0.120 e. The lowest BCUT2D eigenvalue weighted by molar-refractivity contribution is 0.192. The molecule has 6 heteroatoms. The molecule has 19 heavy (non-hydrogen) atoms. The van der Waals surface area contributed by atoms with E-state index < -0.39 is 0 Å². The minimum Gasteiger partial charge on any atom is -0.345 e. The molecule has 4 nitrogen and oxygen atoms in total. The molecule has 0 aromatic carbocycles. The van der Waals surface area contributed by atoms with Crippen LogP contribution in [-0.4, -0.2) is 41.0 Å². The van der Waals surface area contributed by atoms with E-state index in [9.17, 15) is 0 Å². The average Bonchev–Trinajstić information content (AvgIpc) is 2.89. The molecule has 2 saturated heterocycles. The summed E-state index contributed by atoms with van der Waals surface area (Å²) in [5, 5.41) is 3.47. The van der Waals surface area contributed by atoms with E-state index in [0.29, 0.717) is 5.41 Å². The molecule has 0 unspecified atom stereocenters. The summed E-state index contributed by atoms with van der Waals surface area (Å²) in [6.07, 6.45) is 5.99. The number of aromatic amines is 1. The second-order valence-electron chi connectivity index (χ2n) is 5.72. The fraction of sp³-hybridized carbons (Fsp3) is 0.769. The number of aryl methyl sites for hydroxylation is 1. The third kappa shape index (κ3) is 3.85. The Balaban J connectivity index is 0.000000902. The summed E-state index contributed by atoms with van der Waals surface area (Å²) in [4.78, 5) is 10.3. The van der Waals surface area contributed by atoms with Gasteiger partial charge in [0.1, 0.15) is 5.82 Å². The van der Waals surface area contributed by atoms with Crippen LogP contribution in [0.1, 0.15) is 30.8 Å². The Morgan fingerprint density at radius 1 is 1.26 bits per heavy atom. The zero-order valence-corrected chi connectivity index (χ0v) is 13.1. The maximum absolute atomic E-state index is 4.40. The van der Waals surface area contributed by atoms with Gasteiger partial charge < -0.3 is 10.3 Å². The molecule has 1 spiro atoms. The van der Waals surface area contributed by atoms with Gasteiger partial charge in [-0.05, 0) is 51.2 Å². The second kappa shape index (κ2) is 6.93. The lowest BCUT2D eigenvalue weighted by atomic mass is 9.78. The minimum atomic E-state index is 0. The molecule has 0 saturated carbocycles. The van der Waals surface area contributed by atoms with E-state index in [-0.39, 0.29) is 24.8 Å². The van der Waals surface area contributed by atoms with Crippen LogP contribution in [0.25, 0.3) is 0 Å². The Kier molecular flexibility index (Phi) is 6.12. The zero-order chi connectivity index (χ0) is 11.7. The number of likely N-dealkylation sites (tertiary alicyclic amines) is 1. The van der Waals surface area contributed by atoms with Crippen LogP contribution in [0.4, 0.5) is 0 Å². The Morgan fingerprint density at radius 2 is 2.00 bits per heavy atom. The van der Waals surface area contributed by atoms with Crippen molar-refractivity contribution in [2.24, 2.45) is 5.41 Å². The van der Waals surface area contributed by atoms with E-state index in [1.54, 1.807) is 0 Å². The summed E-state index contributed by atoms with van der Waals surface area (Å²) in [7, 11) is 0. The fourth-order valence-electron chi connectivity index (χ4n) is 3.29. The van der Waals surface area contributed by atoms with E-state index in [1.165, 1.54) is 45.4 Å². The predicted molar refractivity (Wildman–Crippen MR) is 82.3 cm³/mol. The molecule has 110 valence electrons. The van der Waals surface area contributed by atoms with Crippen molar-refractivity contribution >= 4 is 24.8 Å². The second-order valence-corrected chi connectivity index (χ2v) is 5.72. The van der Waals surface area contributed by atoms with Gasteiger partial charge in [0.15, 0.2) is 0 Å². The van der Waals surface area contributed by atoms with E-state index >= 15 is 0 Å². The summed E-state index contributed by atoms with van der Waals surface area (Å²) in [5.74, 6) is 1.12. The largest absolute Gasteiger partial charge is 0.345 e. The van der Waals surface area contributed by atoms with Gasteiger partial charge in [-0.1, -0.05) is 0 Å². The molecule has 1 aromatic heterocycles. The third-order valence-electron chi connectivity index (χ3n) is 4.31. The average molecular weight is 307 g/mol. The van der Waals surface area contributed by atoms with Crippen LogP contribution in [0.2, 0.25) is 0 Å². The minimum absolute atomic E-state index is 0. The van der Waals surface area contributed by atoms with Gasteiger partial charge in [-0.25, -0.2) is 4.98 Å². The summed E-state index contributed by atoms with van der Waals surface area (Å²) >= 11 is 0. The monoisotopic (exact) mass is 306 g/mol. The molecular formula is C13H24Cl2N4. The molecule has 2 N–H and O–H groups in total. The molecule has 2 aliphatic rings. The van der Waals surface area contributed by atoms with Crippen molar-refractivity contribution in [2.45, 2.75) is 32.7 Å². The van der Waals surface area contributed by atoms with Gasteiger partial charge in [-0.3, -0.25) is 4.90 Å². The summed E-state index contributed by atoms with van der Waals surface area (Å²) < 4.78 is 0. The molecule has 3 heterocycles. The van der Waals surface area contributed by atoms with Crippen molar-refractivity contribution in [1.82, 2.24) is 20.2 Å². The molecule has 0 bridgehead atoms. The summed E-state index contributed by atoms with van der Waals surface area (Å²) in [6.45, 7) is 7.95. The molecule has 0 radical (unpaired) electrons. The van der Waals surface area contributed by atoms with Gasteiger partial charge in [-0.2, -0.15) is 0 Å². The SMILES string of the molecule is Cc1cnc(CN2CCC3(CCNCC3)C2)[nH]1.Cl.Cl. The van der Waals surface area contributed by atoms with Crippen molar-refractivity contribution in [2.75, 3.05) is 26.2 Å². The molecule has 2 aliphatic heterocycles. The van der Waals surface area contributed by atoms with Crippen LogP contribution in [0.5, 0.6) is 0 Å². The van der Waals surface area contributed by atoms with Gasteiger partial charge in [0.05, 0.1) is 6.54 Å². The van der Waals surface area contributed by atoms with Crippen molar-refractivity contribution in [3.05, 3.63) is 17.7 Å². The summed E-state index contributed by atoms with van der Waals surface area (Å²) in [5.41, 5.74) is 1.77. The highest BCUT2D eigenvalue weighted by Gasteiger charge is 2.38. The Labute approximate surface area is 127 Å². The number of nitrogens with one attached hydrogen (secondary N) is 2.